The summed E-state index contributed by atoms with van der Waals surface area (Å²) in [4.78, 5) is 5.87. The third-order valence-electron chi connectivity index (χ3n) is 3.04. The van der Waals surface area contributed by atoms with E-state index in [4.69, 9.17) is 11.6 Å². The summed E-state index contributed by atoms with van der Waals surface area (Å²) in [6.07, 6.45) is 2.09. The molecule has 0 aliphatic carbocycles. The van der Waals surface area contributed by atoms with Crippen molar-refractivity contribution in [3.05, 3.63) is 55.0 Å². The average Bonchev–Trinajstić information content (AvgIpc) is 3.00. The van der Waals surface area contributed by atoms with Crippen molar-refractivity contribution in [2.75, 3.05) is 5.32 Å². The normalized spacial score (nSPS) is 15.4. The van der Waals surface area contributed by atoms with Gasteiger partial charge in [0.15, 0.2) is 0 Å². The molecule has 1 aliphatic heterocycles. The topological polar surface area (TPSA) is 24.9 Å². The van der Waals surface area contributed by atoms with Crippen molar-refractivity contribution in [1.82, 2.24) is 4.98 Å². The summed E-state index contributed by atoms with van der Waals surface area (Å²) < 4.78 is 2.42. The third-order valence-corrected chi connectivity index (χ3v) is 5.95. The van der Waals surface area contributed by atoms with E-state index in [1.165, 1.54) is 13.2 Å². The summed E-state index contributed by atoms with van der Waals surface area (Å²) in [5, 5.41) is 6.23. The van der Waals surface area contributed by atoms with Crippen LogP contribution < -0.4 is 5.32 Å². The van der Waals surface area contributed by atoms with E-state index in [1.54, 1.807) is 23.1 Å². The number of hydrogen-bond acceptors (Lipinski definition) is 4. The van der Waals surface area contributed by atoms with Gasteiger partial charge in [0.1, 0.15) is 5.01 Å². The van der Waals surface area contributed by atoms with Gasteiger partial charge in [0.2, 0.25) is 0 Å². The Kier molecular flexibility index (Phi) is 3.61. The number of benzene rings is 2. The molecule has 0 amide bonds. The first-order chi connectivity index (χ1) is 10.2. The fourth-order valence-electron chi connectivity index (χ4n) is 2.12. The van der Waals surface area contributed by atoms with E-state index in [0.29, 0.717) is 0 Å². The lowest BCUT2D eigenvalue weighted by atomic mass is 10.3. The van der Waals surface area contributed by atoms with Gasteiger partial charge in [0, 0.05) is 19.6 Å². The van der Waals surface area contributed by atoms with E-state index in [-0.39, 0.29) is 0 Å². The van der Waals surface area contributed by atoms with E-state index in [0.717, 1.165) is 26.3 Å². The van der Waals surface area contributed by atoms with Gasteiger partial charge in [-0.3, -0.25) is 0 Å². The Morgan fingerprint density at radius 1 is 1.19 bits per heavy atom. The zero-order valence-electron chi connectivity index (χ0n) is 10.6. The van der Waals surface area contributed by atoms with Crippen LogP contribution in [0.5, 0.6) is 0 Å². The molecule has 6 heteroatoms. The number of nitrogens with zero attached hydrogens (tertiary/aromatic N) is 1. The summed E-state index contributed by atoms with van der Waals surface area (Å²) >= 11 is 11.7. The Bertz CT molecular complexity index is 889. The highest BCUT2D eigenvalue weighted by Crippen LogP contribution is 2.43. The molecule has 1 aromatic heterocycles. The highest BCUT2D eigenvalue weighted by Gasteiger charge is 2.16. The zero-order chi connectivity index (χ0) is 14.4. The monoisotopic (exact) mass is 442 g/mol. The second kappa shape index (κ2) is 5.46. The number of nitrogens with one attached hydrogen (secondary N) is 1. The van der Waals surface area contributed by atoms with Crippen molar-refractivity contribution in [1.29, 1.82) is 0 Å². The number of anilines is 1. The van der Waals surface area contributed by atoms with Crippen molar-refractivity contribution in [2.45, 2.75) is 4.90 Å². The predicted octanol–water partition coefficient (Wildman–Crippen LogP) is 6.07. The summed E-state index contributed by atoms with van der Waals surface area (Å²) in [5.74, 6) is 0. The fourth-order valence-corrected chi connectivity index (χ4v) is 4.66. The number of aromatic nitrogens is 1. The van der Waals surface area contributed by atoms with E-state index >= 15 is 0 Å². The van der Waals surface area contributed by atoms with Crippen LogP contribution in [0.2, 0.25) is 5.02 Å². The van der Waals surface area contributed by atoms with Gasteiger partial charge in [-0.2, -0.15) is 0 Å². The molecule has 2 nitrogen and oxygen atoms in total. The van der Waals surface area contributed by atoms with E-state index < -0.39 is 0 Å². The van der Waals surface area contributed by atoms with Gasteiger partial charge in [0.25, 0.3) is 0 Å². The number of rotatable bonds is 1. The Balaban J connectivity index is 1.68. The lowest BCUT2D eigenvalue weighted by Crippen LogP contribution is -1.87. The maximum atomic E-state index is 6.02. The first kappa shape index (κ1) is 13.9. The zero-order valence-corrected chi connectivity index (χ0v) is 15.1. The largest absolute Gasteiger partial charge is 0.349 e. The Morgan fingerprint density at radius 2 is 2.10 bits per heavy atom. The molecule has 0 fully saturated rings. The molecule has 1 N–H and O–H groups in total. The van der Waals surface area contributed by atoms with Crippen LogP contribution in [0.25, 0.3) is 16.3 Å². The van der Waals surface area contributed by atoms with Gasteiger partial charge in [-0.05, 0) is 59.0 Å². The Labute approximate surface area is 148 Å². The van der Waals surface area contributed by atoms with Crippen LogP contribution in [0.15, 0.2) is 46.3 Å². The van der Waals surface area contributed by atoms with Crippen molar-refractivity contribution in [2.24, 2.45) is 0 Å². The fraction of sp³-hybridized carbons (Fsp3) is 0. The molecule has 4 rings (SSSR count). The molecule has 2 heterocycles. The van der Waals surface area contributed by atoms with Crippen LogP contribution in [0.3, 0.4) is 0 Å². The van der Waals surface area contributed by atoms with Crippen molar-refractivity contribution in [3.63, 3.8) is 0 Å². The van der Waals surface area contributed by atoms with Crippen LogP contribution >= 0.6 is 57.3 Å². The summed E-state index contributed by atoms with van der Waals surface area (Å²) in [6.45, 7) is 0. The van der Waals surface area contributed by atoms with Crippen LogP contribution in [-0.2, 0) is 0 Å². The van der Waals surface area contributed by atoms with Gasteiger partial charge in [0.05, 0.1) is 20.9 Å². The molecule has 21 heavy (non-hydrogen) atoms. The van der Waals surface area contributed by atoms with Gasteiger partial charge in [-0.1, -0.05) is 23.4 Å². The maximum absolute atomic E-state index is 6.02. The second-order valence-electron chi connectivity index (χ2n) is 4.54. The molecule has 0 saturated carbocycles. The number of thiazole rings is 1. The molecule has 0 unspecified atom stereocenters. The second-order valence-corrected chi connectivity index (χ2v) is 8.37. The molecule has 2 aromatic carbocycles. The van der Waals surface area contributed by atoms with Crippen molar-refractivity contribution >= 4 is 79.3 Å². The highest BCUT2D eigenvalue weighted by atomic mass is 127. The molecule has 0 atom stereocenters. The summed E-state index contributed by atoms with van der Waals surface area (Å²) in [5.41, 5.74) is 2.12. The number of thioether (sulfide) groups is 1. The first-order valence-corrected chi connectivity index (χ1v) is 9.28. The average molecular weight is 443 g/mol. The molecule has 3 aromatic rings. The van der Waals surface area contributed by atoms with E-state index in [9.17, 15) is 0 Å². The molecule has 0 saturated heterocycles. The predicted molar refractivity (Wildman–Crippen MR) is 101 cm³/mol. The van der Waals surface area contributed by atoms with Crippen LogP contribution in [-0.4, -0.2) is 4.98 Å². The molecule has 1 aliphatic rings. The van der Waals surface area contributed by atoms with Crippen LogP contribution in [0.4, 0.5) is 5.69 Å². The van der Waals surface area contributed by atoms with Crippen molar-refractivity contribution in [3.8, 4) is 0 Å². The Morgan fingerprint density at radius 3 is 3.00 bits per heavy atom. The van der Waals surface area contributed by atoms with Gasteiger partial charge < -0.3 is 5.32 Å². The Hall–Kier alpha value is -0.760. The van der Waals surface area contributed by atoms with E-state index in [1.807, 2.05) is 18.2 Å². The van der Waals surface area contributed by atoms with Crippen LogP contribution in [0.1, 0.15) is 5.01 Å². The minimum Gasteiger partial charge on any atom is -0.349 e. The van der Waals surface area contributed by atoms with Gasteiger partial charge in [-0.25, -0.2) is 4.98 Å². The third kappa shape index (κ3) is 2.79. The minimum absolute atomic E-state index is 0.748. The summed E-state index contributed by atoms with van der Waals surface area (Å²) in [6, 6.07) is 12.2. The molecular weight excluding hydrogens is 435 g/mol. The number of fused-ring (bicyclic) bond motifs is 2. The smallest absolute Gasteiger partial charge is 0.119 e. The quantitative estimate of drug-likeness (QED) is 0.463. The van der Waals surface area contributed by atoms with Gasteiger partial charge in [-0.15, -0.1) is 11.3 Å². The molecule has 104 valence electrons. The lowest BCUT2D eigenvalue weighted by molar-refractivity contribution is 1.44. The highest BCUT2D eigenvalue weighted by molar-refractivity contribution is 14.1. The molecular formula is C15H8ClIN2S2. The van der Waals surface area contributed by atoms with Gasteiger partial charge >= 0.3 is 0 Å². The number of halogens is 2. The summed E-state index contributed by atoms with van der Waals surface area (Å²) in [7, 11) is 0. The molecule has 0 spiro atoms. The standard InChI is InChI=1S/C15H8ClIN2S2/c16-8-1-3-12-10(5-8)18-14(20-12)7-15-19-11-6-9(17)2-4-13(11)21-15/h1-7,18H/b14-7-. The SMILES string of the molecule is Clc1ccc2c(c1)N/C(=C/c1nc3cc(I)ccc3s1)S2. The first-order valence-electron chi connectivity index (χ1n) is 6.20. The lowest BCUT2D eigenvalue weighted by Gasteiger charge is -1.97. The number of hydrogen-bond donors (Lipinski definition) is 1. The molecule has 0 radical (unpaired) electrons. The molecule has 0 bridgehead atoms. The van der Waals surface area contributed by atoms with Crippen LogP contribution in [0, 0.1) is 3.57 Å². The van der Waals surface area contributed by atoms with E-state index in [2.05, 4.69) is 57.2 Å². The minimum atomic E-state index is 0.748. The maximum Gasteiger partial charge on any atom is 0.119 e. The van der Waals surface area contributed by atoms with Crippen molar-refractivity contribution < 1.29 is 0 Å².